The molecule has 0 bridgehead atoms. The molecular weight excluding hydrogens is 373 g/mol. The largest absolute Gasteiger partial charge is 0.490 e. The fourth-order valence-electron chi connectivity index (χ4n) is 4.59. The Labute approximate surface area is 173 Å². The van der Waals surface area contributed by atoms with E-state index in [2.05, 4.69) is 25.7 Å². The summed E-state index contributed by atoms with van der Waals surface area (Å²) in [7, 11) is 0. The Morgan fingerprint density at radius 1 is 1.21 bits per heavy atom. The lowest BCUT2D eigenvalue weighted by Gasteiger charge is -2.43. The summed E-state index contributed by atoms with van der Waals surface area (Å²) in [4.78, 5) is 2.08. The predicted octanol–water partition coefficient (Wildman–Crippen LogP) is 3.24. The second-order valence-corrected chi connectivity index (χ2v) is 10.1. The number of β-amino-alcohol motifs (C(OH)–C–C–N with tert-alkyl or cyclic N) is 2. The molecule has 164 valence electrons. The van der Waals surface area contributed by atoms with Crippen LogP contribution >= 0.6 is 0 Å². The van der Waals surface area contributed by atoms with Crippen LogP contribution in [0.25, 0.3) is 0 Å². The molecule has 5 nitrogen and oxygen atoms in total. The van der Waals surface area contributed by atoms with Gasteiger partial charge in [-0.1, -0.05) is 26.8 Å². The van der Waals surface area contributed by atoms with Crippen LogP contribution in [0.5, 0.6) is 5.75 Å². The average Bonchev–Trinajstić information content (AvgIpc) is 2.81. The van der Waals surface area contributed by atoms with Crippen molar-refractivity contribution in [3.05, 3.63) is 30.1 Å². The Balaban J connectivity index is 1.57. The molecular formula is C23H36FNO4. The van der Waals surface area contributed by atoms with E-state index in [0.717, 1.165) is 25.7 Å². The van der Waals surface area contributed by atoms with Crippen LogP contribution in [-0.2, 0) is 4.74 Å². The number of hydrogen-bond acceptors (Lipinski definition) is 5. The zero-order valence-electron chi connectivity index (χ0n) is 18.0. The van der Waals surface area contributed by atoms with Crippen molar-refractivity contribution in [1.29, 1.82) is 0 Å². The molecule has 1 aromatic carbocycles. The summed E-state index contributed by atoms with van der Waals surface area (Å²) in [5, 5.41) is 22.2. The van der Waals surface area contributed by atoms with Gasteiger partial charge in [0, 0.05) is 25.7 Å². The Bertz CT molecular complexity index is 669. The average molecular weight is 410 g/mol. The van der Waals surface area contributed by atoms with Gasteiger partial charge in [0.05, 0.1) is 18.8 Å². The molecule has 1 aliphatic carbocycles. The zero-order valence-corrected chi connectivity index (χ0v) is 18.0. The fraction of sp³-hybridized carbons (Fsp3) is 0.739. The SMILES string of the molecule is CC(C)(C)C1CCC(O)(CN2CCOCC(O)(COc3cccc(F)c3)C2)CC1. The molecule has 1 saturated carbocycles. The second-order valence-electron chi connectivity index (χ2n) is 10.1. The molecule has 1 unspecified atom stereocenters. The fourth-order valence-corrected chi connectivity index (χ4v) is 4.59. The third kappa shape index (κ3) is 6.38. The van der Waals surface area contributed by atoms with Crippen molar-refractivity contribution in [2.24, 2.45) is 11.3 Å². The van der Waals surface area contributed by atoms with E-state index in [1.165, 1.54) is 12.1 Å². The van der Waals surface area contributed by atoms with Crippen molar-refractivity contribution in [2.75, 3.05) is 39.5 Å². The van der Waals surface area contributed by atoms with Gasteiger partial charge in [0.15, 0.2) is 0 Å². The van der Waals surface area contributed by atoms with Gasteiger partial charge in [0.2, 0.25) is 0 Å². The van der Waals surface area contributed by atoms with E-state index >= 15 is 0 Å². The number of halogens is 1. The summed E-state index contributed by atoms with van der Waals surface area (Å²) in [5.41, 5.74) is -1.66. The monoisotopic (exact) mass is 409 g/mol. The van der Waals surface area contributed by atoms with Crippen molar-refractivity contribution >= 4 is 0 Å². The standard InChI is InChI=1S/C23H36FNO4/c1-21(2,3)18-7-9-22(26,10-8-18)14-25-11-12-28-16-23(27,15-25)17-29-20-6-4-5-19(24)13-20/h4-6,13,18,26-27H,7-12,14-17H2,1-3H3. The van der Waals surface area contributed by atoms with E-state index in [4.69, 9.17) is 9.47 Å². The Morgan fingerprint density at radius 3 is 2.59 bits per heavy atom. The molecule has 0 spiro atoms. The highest BCUT2D eigenvalue weighted by atomic mass is 19.1. The molecule has 2 aliphatic rings. The van der Waals surface area contributed by atoms with Crippen LogP contribution in [0.3, 0.4) is 0 Å². The lowest BCUT2D eigenvalue weighted by atomic mass is 9.68. The minimum atomic E-state index is -1.21. The topological polar surface area (TPSA) is 62.2 Å². The number of hydrogen-bond donors (Lipinski definition) is 2. The predicted molar refractivity (Wildman–Crippen MR) is 110 cm³/mol. The summed E-state index contributed by atoms with van der Waals surface area (Å²) in [6.07, 6.45) is 3.61. The first-order chi connectivity index (χ1) is 13.6. The van der Waals surface area contributed by atoms with Gasteiger partial charge in [-0.15, -0.1) is 0 Å². The van der Waals surface area contributed by atoms with Gasteiger partial charge >= 0.3 is 0 Å². The van der Waals surface area contributed by atoms with E-state index in [9.17, 15) is 14.6 Å². The number of benzene rings is 1. The molecule has 29 heavy (non-hydrogen) atoms. The van der Waals surface area contributed by atoms with Crippen LogP contribution in [0.15, 0.2) is 24.3 Å². The Morgan fingerprint density at radius 2 is 1.93 bits per heavy atom. The first kappa shape index (κ1) is 22.5. The van der Waals surface area contributed by atoms with Crippen LogP contribution in [0.4, 0.5) is 4.39 Å². The molecule has 1 saturated heterocycles. The molecule has 2 fully saturated rings. The molecule has 1 aliphatic heterocycles. The van der Waals surface area contributed by atoms with Crippen LogP contribution in [0.1, 0.15) is 46.5 Å². The van der Waals surface area contributed by atoms with E-state index < -0.39 is 11.2 Å². The number of aliphatic hydroxyl groups is 2. The van der Waals surface area contributed by atoms with E-state index in [0.29, 0.717) is 37.9 Å². The first-order valence-electron chi connectivity index (χ1n) is 10.7. The lowest BCUT2D eigenvalue weighted by Crippen LogP contribution is -2.53. The summed E-state index contributed by atoms with van der Waals surface area (Å²) in [5.74, 6) is 0.640. The lowest BCUT2D eigenvalue weighted by molar-refractivity contribution is -0.0808. The summed E-state index contributed by atoms with van der Waals surface area (Å²) >= 11 is 0. The van der Waals surface area contributed by atoms with Crippen molar-refractivity contribution in [3.63, 3.8) is 0 Å². The molecule has 0 aromatic heterocycles. The Hall–Kier alpha value is -1.21. The molecule has 0 radical (unpaired) electrons. The van der Waals surface area contributed by atoms with Crippen molar-refractivity contribution < 1.29 is 24.1 Å². The highest BCUT2D eigenvalue weighted by Crippen LogP contribution is 2.41. The second kappa shape index (κ2) is 8.88. The Kier molecular flexibility index (Phi) is 6.88. The minimum Gasteiger partial charge on any atom is -0.490 e. The molecule has 2 N–H and O–H groups in total. The summed E-state index contributed by atoms with van der Waals surface area (Å²) < 4.78 is 24.6. The van der Waals surface area contributed by atoms with Gasteiger partial charge in [0.1, 0.15) is 23.8 Å². The number of nitrogens with zero attached hydrogens (tertiary/aromatic N) is 1. The van der Waals surface area contributed by atoms with Gasteiger partial charge in [-0.25, -0.2) is 4.39 Å². The van der Waals surface area contributed by atoms with Gasteiger partial charge < -0.3 is 19.7 Å². The molecule has 0 amide bonds. The van der Waals surface area contributed by atoms with Crippen molar-refractivity contribution in [1.82, 2.24) is 4.90 Å². The van der Waals surface area contributed by atoms with Crippen molar-refractivity contribution in [3.8, 4) is 5.75 Å². The minimum absolute atomic E-state index is 0.0114. The molecule has 1 aromatic rings. The highest BCUT2D eigenvalue weighted by molar-refractivity contribution is 5.22. The number of rotatable bonds is 5. The zero-order chi connectivity index (χ0) is 21.1. The maximum atomic E-state index is 13.4. The smallest absolute Gasteiger partial charge is 0.134 e. The van der Waals surface area contributed by atoms with Gasteiger partial charge in [-0.05, 0) is 49.1 Å². The molecule has 1 atom stereocenters. The maximum absolute atomic E-state index is 13.4. The van der Waals surface area contributed by atoms with E-state index in [1.54, 1.807) is 12.1 Å². The van der Waals surface area contributed by atoms with Gasteiger partial charge in [-0.2, -0.15) is 0 Å². The summed E-state index contributed by atoms with van der Waals surface area (Å²) in [6.45, 7) is 9.02. The first-order valence-corrected chi connectivity index (χ1v) is 10.7. The van der Waals surface area contributed by atoms with Crippen molar-refractivity contribution in [2.45, 2.75) is 57.7 Å². The number of ether oxygens (including phenoxy) is 2. The van der Waals surface area contributed by atoms with Crippen LogP contribution in [-0.4, -0.2) is 65.8 Å². The third-order valence-corrected chi connectivity index (χ3v) is 6.40. The van der Waals surface area contributed by atoms with Gasteiger partial charge in [0.25, 0.3) is 0 Å². The maximum Gasteiger partial charge on any atom is 0.134 e. The molecule has 6 heteroatoms. The highest BCUT2D eigenvalue weighted by Gasteiger charge is 2.41. The molecule has 3 rings (SSSR count). The quantitative estimate of drug-likeness (QED) is 0.782. The third-order valence-electron chi connectivity index (χ3n) is 6.40. The van der Waals surface area contributed by atoms with E-state index in [1.807, 2.05) is 0 Å². The normalized spacial score (nSPS) is 32.0. The van der Waals surface area contributed by atoms with Crippen LogP contribution in [0, 0.1) is 17.2 Å². The van der Waals surface area contributed by atoms with Gasteiger partial charge in [-0.3, -0.25) is 4.90 Å². The van der Waals surface area contributed by atoms with E-state index in [-0.39, 0.29) is 24.4 Å². The molecule has 1 heterocycles. The summed E-state index contributed by atoms with van der Waals surface area (Å²) in [6, 6.07) is 5.90. The van der Waals surface area contributed by atoms with Crippen LogP contribution in [0.2, 0.25) is 0 Å². The van der Waals surface area contributed by atoms with Crippen LogP contribution < -0.4 is 4.74 Å².